The fraction of sp³-hybridized carbons (Fsp3) is 0.148. The minimum Gasteiger partial charge on any atom is -0.493 e. The molecule has 1 heterocycles. The van der Waals surface area contributed by atoms with Crippen molar-refractivity contribution in [1.29, 1.82) is 0 Å². The maximum Gasteiger partial charge on any atom is 0.223 e. The third kappa shape index (κ3) is 5.01. The van der Waals surface area contributed by atoms with Gasteiger partial charge < -0.3 is 14.8 Å². The van der Waals surface area contributed by atoms with Crippen molar-refractivity contribution in [2.45, 2.75) is 12.0 Å². The number of ether oxygens (including phenoxy) is 2. The highest BCUT2D eigenvalue weighted by atomic mass is 16.5. The molecule has 0 aliphatic carbocycles. The first-order chi connectivity index (χ1) is 16.2. The molecule has 166 valence electrons. The smallest absolute Gasteiger partial charge is 0.223 e. The molecule has 1 N–H and O–H groups in total. The Morgan fingerprint density at radius 1 is 0.758 bits per heavy atom. The number of Topliss-reactive ketones (excluding diaryl/α,β-unsaturated/α-hetero) is 1. The topological polar surface area (TPSA) is 73.3 Å². The Morgan fingerprint density at radius 2 is 1.39 bits per heavy atom. The van der Waals surface area contributed by atoms with Gasteiger partial charge in [-0.15, -0.1) is 0 Å². The van der Waals surface area contributed by atoms with Crippen LogP contribution in [0.25, 0.3) is 0 Å². The minimum absolute atomic E-state index is 0.00924. The van der Waals surface area contributed by atoms with E-state index in [1.54, 1.807) is 32.7 Å². The van der Waals surface area contributed by atoms with Gasteiger partial charge >= 0.3 is 0 Å². The normalized spacial score (nSPS) is 12.4. The van der Waals surface area contributed by atoms with Crippen molar-refractivity contribution in [3.05, 3.63) is 114 Å². The Kier molecular flexibility index (Phi) is 6.95. The molecule has 4 rings (SSSR count). The number of ketones is 1. The summed E-state index contributed by atoms with van der Waals surface area (Å²) in [6.45, 7) is 0. The standard InChI is InChI=1S/C27H25N3O3/c1-32-22-15-14-21(18-23(22)33-2)25(30-27-28-16-9-17-29-27)24(19-10-5-3-6-11-19)26(31)20-12-7-4-8-13-20/h3-18,24-25H,1-2H3,(H,28,29,30)/t24-,25-/m0/s1. The van der Waals surface area contributed by atoms with Crippen molar-refractivity contribution in [2.24, 2.45) is 0 Å². The van der Waals surface area contributed by atoms with Gasteiger partial charge in [0.25, 0.3) is 0 Å². The van der Waals surface area contributed by atoms with E-state index >= 15 is 0 Å². The van der Waals surface area contributed by atoms with Crippen LogP contribution in [0.3, 0.4) is 0 Å². The molecule has 0 saturated carbocycles. The average Bonchev–Trinajstić information content (AvgIpc) is 2.89. The molecule has 3 aromatic carbocycles. The highest BCUT2D eigenvalue weighted by Gasteiger charge is 2.33. The van der Waals surface area contributed by atoms with Gasteiger partial charge in [0, 0.05) is 18.0 Å². The minimum atomic E-state index is -0.546. The Morgan fingerprint density at radius 3 is 2.03 bits per heavy atom. The van der Waals surface area contributed by atoms with E-state index in [0.29, 0.717) is 23.0 Å². The summed E-state index contributed by atoms with van der Waals surface area (Å²) in [6.07, 6.45) is 3.33. The zero-order valence-electron chi connectivity index (χ0n) is 18.5. The second-order valence-corrected chi connectivity index (χ2v) is 7.43. The van der Waals surface area contributed by atoms with E-state index in [1.165, 1.54) is 0 Å². The molecule has 0 fully saturated rings. The van der Waals surface area contributed by atoms with Crippen LogP contribution in [-0.4, -0.2) is 30.0 Å². The Bertz CT molecular complexity index is 1190. The number of carbonyl (C=O) groups is 1. The Balaban J connectivity index is 1.87. The first-order valence-electron chi connectivity index (χ1n) is 10.6. The molecule has 0 spiro atoms. The van der Waals surface area contributed by atoms with Crippen molar-refractivity contribution < 1.29 is 14.3 Å². The van der Waals surface area contributed by atoms with Crippen molar-refractivity contribution >= 4 is 11.7 Å². The molecule has 6 nitrogen and oxygen atoms in total. The van der Waals surface area contributed by atoms with Crippen LogP contribution in [0.2, 0.25) is 0 Å². The lowest BCUT2D eigenvalue weighted by atomic mass is 9.81. The van der Waals surface area contributed by atoms with E-state index in [-0.39, 0.29) is 5.78 Å². The number of rotatable bonds is 9. The van der Waals surface area contributed by atoms with Crippen LogP contribution in [0.1, 0.15) is 33.4 Å². The molecule has 0 amide bonds. The predicted molar refractivity (Wildman–Crippen MR) is 128 cm³/mol. The van der Waals surface area contributed by atoms with Crippen LogP contribution >= 0.6 is 0 Å². The van der Waals surface area contributed by atoms with Crippen molar-refractivity contribution in [2.75, 3.05) is 19.5 Å². The van der Waals surface area contributed by atoms with Crippen LogP contribution in [0.4, 0.5) is 5.95 Å². The molecule has 6 heteroatoms. The van der Waals surface area contributed by atoms with E-state index < -0.39 is 12.0 Å². The van der Waals surface area contributed by atoms with Gasteiger partial charge in [-0.25, -0.2) is 9.97 Å². The van der Waals surface area contributed by atoms with E-state index in [4.69, 9.17) is 9.47 Å². The Labute approximate surface area is 193 Å². The highest BCUT2D eigenvalue weighted by Crippen LogP contribution is 2.39. The molecule has 0 saturated heterocycles. The monoisotopic (exact) mass is 439 g/mol. The molecule has 33 heavy (non-hydrogen) atoms. The number of nitrogens with zero attached hydrogens (tertiary/aromatic N) is 2. The van der Waals surface area contributed by atoms with E-state index in [1.807, 2.05) is 78.9 Å². The van der Waals surface area contributed by atoms with Gasteiger partial charge in [-0.2, -0.15) is 0 Å². The lowest BCUT2D eigenvalue weighted by Gasteiger charge is -2.28. The largest absolute Gasteiger partial charge is 0.493 e. The SMILES string of the molecule is COc1ccc([C@H](Nc2ncccn2)[C@@H](C(=O)c2ccccc2)c2ccccc2)cc1OC. The van der Waals surface area contributed by atoms with Crippen LogP contribution in [0.15, 0.2) is 97.3 Å². The van der Waals surface area contributed by atoms with Gasteiger partial charge in [-0.1, -0.05) is 66.7 Å². The van der Waals surface area contributed by atoms with Gasteiger partial charge in [0.1, 0.15) is 0 Å². The summed E-state index contributed by atoms with van der Waals surface area (Å²) >= 11 is 0. The zero-order valence-corrected chi connectivity index (χ0v) is 18.5. The maximum atomic E-state index is 13.9. The number of aromatic nitrogens is 2. The predicted octanol–water partition coefficient (Wildman–Crippen LogP) is 5.31. The molecular formula is C27H25N3O3. The highest BCUT2D eigenvalue weighted by molar-refractivity contribution is 6.01. The van der Waals surface area contributed by atoms with Gasteiger partial charge in [0.15, 0.2) is 17.3 Å². The quantitative estimate of drug-likeness (QED) is 0.356. The van der Waals surface area contributed by atoms with Crippen LogP contribution in [-0.2, 0) is 0 Å². The van der Waals surface area contributed by atoms with E-state index in [9.17, 15) is 4.79 Å². The number of hydrogen-bond donors (Lipinski definition) is 1. The third-order valence-electron chi connectivity index (χ3n) is 5.45. The van der Waals surface area contributed by atoms with Gasteiger partial charge in [-0.3, -0.25) is 4.79 Å². The summed E-state index contributed by atoms with van der Waals surface area (Å²) in [4.78, 5) is 22.6. The number of anilines is 1. The number of benzene rings is 3. The molecule has 2 atom stereocenters. The number of hydrogen-bond acceptors (Lipinski definition) is 6. The van der Waals surface area contributed by atoms with Gasteiger partial charge in [-0.05, 0) is 29.3 Å². The molecule has 4 aromatic rings. The third-order valence-corrected chi connectivity index (χ3v) is 5.45. The summed E-state index contributed by atoms with van der Waals surface area (Å²) in [5, 5.41) is 3.39. The van der Waals surface area contributed by atoms with Crippen molar-refractivity contribution in [3.8, 4) is 11.5 Å². The van der Waals surface area contributed by atoms with Crippen LogP contribution in [0, 0.1) is 0 Å². The lowest BCUT2D eigenvalue weighted by molar-refractivity contribution is 0.0950. The van der Waals surface area contributed by atoms with Crippen molar-refractivity contribution in [3.63, 3.8) is 0 Å². The van der Waals surface area contributed by atoms with Gasteiger partial charge in [0.2, 0.25) is 5.95 Å². The van der Waals surface area contributed by atoms with E-state index in [0.717, 1.165) is 11.1 Å². The summed E-state index contributed by atoms with van der Waals surface area (Å²) in [5.74, 6) is 1.07. The molecule has 0 aliphatic rings. The number of nitrogens with one attached hydrogen (secondary N) is 1. The zero-order chi connectivity index (χ0) is 23.0. The van der Waals surface area contributed by atoms with Crippen molar-refractivity contribution in [1.82, 2.24) is 9.97 Å². The molecule has 1 aromatic heterocycles. The van der Waals surface area contributed by atoms with Crippen LogP contribution < -0.4 is 14.8 Å². The second kappa shape index (κ2) is 10.4. The second-order valence-electron chi connectivity index (χ2n) is 7.43. The number of carbonyl (C=O) groups excluding carboxylic acids is 1. The molecule has 0 radical (unpaired) electrons. The Hall–Kier alpha value is -4.19. The first-order valence-corrected chi connectivity index (χ1v) is 10.6. The van der Waals surface area contributed by atoms with Crippen LogP contribution in [0.5, 0.6) is 11.5 Å². The fourth-order valence-corrected chi connectivity index (χ4v) is 3.86. The summed E-state index contributed by atoms with van der Waals surface area (Å²) < 4.78 is 11.0. The fourth-order valence-electron chi connectivity index (χ4n) is 3.86. The molecule has 0 bridgehead atoms. The van der Waals surface area contributed by atoms with E-state index in [2.05, 4.69) is 15.3 Å². The maximum absolute atomic E-state index is 13.9. The van der Waals surface area contributed by atoms with Gasteiger partial charge in [0.05, 0.1) is 26.2 Å². The summed E-state index contributed by atoms with van der Waals surface area (Å²) in [5.41, 5.74) is 2.36. The average molecular weight is 440 g/mol. The summed E-state index contributed by atoms with van der Waals surface area (Å²) in [6, 6.07) is 26.0. The molecule has 0 aliphatic heterocycles. The molecule has 0 unspecified atom stereocenters. The molecular weight excluding hydrogens is 414 g/mol. The number of methoxy groups -OCH3 is 2. The lowest BCUT2D eigenvalue weighted by Crippen LogP contribution is -2.27. The summed E-state index contributed by atoms with van der Waals surface area (Å²) in [7, 11) is 3.19. The first kappa shape index (κ1) is 22.0.